The molecule has 0 N–H and O–H groups in total. The molecular weight excluding hydrogens is 324 g/mol. The molecule has 0 amide bonds. The van der Waals surface area contributed by atoms with E-state index in [1.54, 1.807) is 5.57 Å². The van der Waals surface area contributed by atoms with Crippen molar-refractivity contribution in [3.05, 3.63) is 22.8 Å². The van der Waals surface area contributed by atoms with Crippen molar-refractivity contribution in [2.45, 2.75) is 78.7 Å². The number of rotatable bonds is 2. The van der Waals surface area contributed by atoms with Crippen molar-refractivity contribution < 1.29 is 14.3 Å². The smallest absolute Gasteiger partial charge is 0.302 e. The van der Waals surface area contributed by atoms with Crippen molar-refractivity contribution in [1.82, 2.24) is 0 Å². The molecule has 0 aliphatic heterocycles. The Balaban J connectivity index is 1.65. The zero-order chi connectivity index (χ0) is 18.7. The van der Waals surface area contributed by atoms with Crippen LogP contribution in [0.15, 0.2) is 22.8 Å². The monoisotopic (exact) mass is 356 g/mol. The van der Waals surface area contributed by atoms with Gasteiger partial charge in [0, 0.05) is 13.3 Å². The molecule has 0 radical (unpaired) electrons. The van der Waals surface area contributed by atoms with Crippen LogP contribution in [0.5, 0.6) is 0 Å². The molecule has 0 aromatic carbocycles. The second-order valence-corrected chi connectivity index (χ2v) is 9.70. The maximum atomic E-state index is 11.6. The van der Waals surface area contributed by atoms with Gasteiger partial charge in [0.2, 0.25) is 0 Å². The zero-order valence-corrected chi connectivity index (χ0v) is 16.6. The highest BCUT2D eigenvalue weighted by molar-refractivity contribution is 5.76. The molecule has 0 unspecified atom stereocenters. The van der Waals surface area contributed by atoms with Crippen LogP contribution in [0.25, 0.3) is 0 Å². The first-order chi connectivity index (χ1) is 12.3. The van der Waals surface area contributed by atoms with E-state index in [4.69, 9.17) is 4.74 Å². The minimum Gasteiger partial charge on any atom is -0.462 e. The summed E-state index contributed by atoms with van der Waals surface area (Å²) < 4.78 is 5.56. The van der Waals surface area contributed by atoms with Gasteiger partial charge in [0.25, 0.3) is 0 Å². The van der Waals surface area contributed by atoms with E-state index < -0.39 is 0 Å². The van der Waals surface area contributed by atoms with Gasteiger partial charge in [-0.3, -0.25) is 9.59 Å². The molecule has 0 saturated heterocycles. The van der Waals surface area contributed by atoms with Crippen molar-refractivity contribution in [2.75, 3.05) is 0 Å². The van der Waals surface area contributed by atoms with Crippen LogP contribution in [0.1, 0.15) is 72.6 Å². The van der Waals surface area contributed by atoms with Crippen molar-refractivity contribution in [3.63, 3.8) is 0 Å². The lowest BCUT2D eigenvalue weighted by atomic mass is 9.46. The summed E-state index contributed by atoms with van der Waals surface area (Å²) in [7, 11) is 0. The summed E-state index contributed by atoms with van der Waals surface area (Å²) in [6.45, 7) is 8.62. The number of aldehydes is 1. The molecule has 2 saturated carbocycles. The number of allylic oxidation sites excluding steroid dienone is 3. The van der Waals surface area contributed by atoms with Gasteiger partial charge in [-0.25, -0.2) is 0 Å². The summed E-state index contributed by atoms with van der Waals surface area (Å²) in [5.41, 5.74) is 4.48. The topological polar surface area (TPSA) is 43.4 Å². The Morgan fingerprint density at radius 2 is 1.88 bits per heavy atom. The SMILES string of the molecule is CC(=O)O[C@H]1CC[C@@]2(C)C(=C(C)C[C@@H]3[C@@H]2CC[C@]2(C)C(C=O)=CC[C@@H]32)C1. The van der Waals surface area contributed by atoms with Crippen LogP contribution in [0, 0.1) is 28.6 Å². The number of carbonyl (C=O) groups is 2. The molecule has 0 spiro atoms. The summed E-state index contributed by atoms with van der Waals surface area (Å²) in [5.74, 6) is 1.84. The Morgan fingerprint density at radius 1 is 1.15 bits per heavy atom. The second kappa shape index (κ2) is 6.07. The highest BCUT2D eigenvalue weighted by Gasteiger charge is 2.57. The number of hydrogen-bond donors (Lipinski definition) is 0. The quantitative estimate of drug-likeness (QED) is 0.397. The largest absolute Gasteiger partial charge is 0.462 e. The minimum absolute atomic E-state index is 0.0609. The molecule has 3 heteroatoms. The summed E-state index contributed by atoms with van der Waals surface area (Å²) in [4.78, 5) is 23.0. The van der Waals surface area contributed by atoms with E-state index in [1.165, 1.54) is 18.9 Å². The third kappa shape index (κ3) is 2.46. The highest BCUT2D eigenvalue weighted by atomic mass is 16.5. The summed E-state index contributed by atoms with van der Waals surface area (Å²) >= 11 is 0. The fourth-order valence-electron chi connectivity index (χ4n) is 7.20. The lowest BCUT2D eigenvalue weighted by Gasteiger charge is -2.58. The van der Waals surface area contributed by atoms with E-state index in [2.05, 4.69) is 26.8 Å². The number of carbonyl (C=O) groups excluding carboxylic acids is 2. The first-order valence-corrected chi connectivity index (χ1v) is 10.3. The summed E-state index contributed by atoms with van der Waals surface area (Å²) in [6.07, 6.45) is 11.0. The van der Waals surface area contributed by atoms with Crippen molar-refractivity contribution in [3.8, 4) is 0 Å². The van der Waals surface area contributed by atoms with Gasteiger partial charge in [0.05, 0.1) is 0 Å². The molecule has 6 atom stereocenters. The van der Waals surface area contributed by atoms with Crippen LogP contribution in [0.2, 0.25) is 0 Å². The van der Waals surface area contributed by atoms with Crippen LogP contribution < -0.4 is 0 Å². The number of fused-ring (bicyclic) bond motifs is 5. The molecule has 0 aromatic heterocycles. The van der Waals surface area contributed by atoms with Crippen molar-refractivity contribution in [2.24, 2.45) is 28.6 Å². The Morgan fingerprint density at radius 3 is 2.58 bits per heavy atom. The van der Waals surface area contributed by atoms with Gasteiger partial charge < -0.3 is 4.74 Å². The van der Waals surface area contributed by atoms with Crippen molar-refractivity contribution >= 4 is 12.3 Å². The lowest BCUT2D eigenvalue weighted by Crippen LogP contribution is -2.51. The normalized spacial score (nSPS) is 44.5. The van der Waals surface area contributed by atoms with Gasteiger partial charge in [0.1, 0.15) is 12.4 Å². The molecule has 4 aliphatic rings. The molecule has 26 heavy (non-hydrogen) atoms. The fraction of sp³-hybridized carbons (Fsp3) is 0.739. The van der Waals surface area contributed by atoms with Crippen LogP contribution in [-0.4, -0.2) is 18.4 Å². The minimum atomic E-state index is -0.155. The molecule has 3 nitrogen and oxygen atoms in total. The van der Waals surface area contributed by atoms with Crippen LogP contribution in [0.4, 0.5) is 0 Å². The Labute approximate surface area is 157 Å². The molecule has 0 heterocycles. The predicted molar refractivity (Wildman–Crippen MR) is 101 cm³/mol. The maximum Gasteiger partial charge on any atom is 0.302 e. The standard InChI is InChI=1S/C23H32O3/c1-14-11-18-19-6-5-16(13-24)22(19,3)10-8-20(18)23(4)9-7-17(12-21(14)23)26-15(2)25/h5,13,17-20H,6-12H2,1-4H3/t17-,18-,19-,20-,22+,23+/m0/s1. The first-order valence-electron chi connectivity index (χ1n) is 10.3. The fourth-order valence-corrected chi connectivity index (χ4v) is 7.20. The van der Waals surface area contributed by atoms with E-state index in [-0.39, 0.29) is 22.9 Å². The molecule has 2 fully saturated rings. The van der Waals surface area contributed by atoms with Gasteiger partial charge in [-0.2, -0.15) is 0 Å². The van der Waals surface area contributed by atoms with E-state index in [9.17, 15) is 9.59 Å². The molecule has 0 bridgehead atoms. The van der Waals surface area contributed by atoms with E-state index in [1.807, 2.05) is 0 Å². The first kappa shape index (κ1) is 18.0. The average Bonchev–Trinajstić information content (AvgIpc) is 2.92. The Kier molecular flexibility index (Phi) is 4.20. The predicted octanol–water partition coefficient (Wildman–Crippen LogP) is 5.01. The maximum absolute atomic E-state index is 11.6. The van der Waals surface area contributed by atoms with Gasteiger partial charge in [-0.05, 0) is 79.6 Å². The van der Waals surface area contributed by atoms with Gasteiger partial charge >= 0.3 is 5.97 Å². The van der Waals surface area contributed by atoms with Crippen LogP contribution in [0.3, 0.4) is 0 Å². The van der Waals surface area contributed by atoms with E-state index >= 15 is 0 Å². The van der Waals surface area contributed by atoms with Crippen LogP contribution >= 0.6 is 0 Å². The summed E-state index contributed by atoms with van der Waals surface area (Å²) in [6, 6.07) is 0. The zero-order valence-electron chi connectivity index (χ0n) is 16.6. The number of hydrogen-bond acceptors (Lipinski definition) is 3. The summed E-state index contributed by atoms with van der Waals surface area (Å²) in [5, 5.41) is 0. The van der Waals surface area contributed by atoms with Gasteiger partial charge in [-0.1, -0.05) is 31.1 Å². The second-order valence-electron chi connectivity index (χ2n) is 9.70. The van der Waals surface area contributed by atoms with Gasteiger partial charge in [0.15, 0.2) is 0 Å². The molecule has 142 valence electrons. The third-order valence-electron chi connectivity index (χ3n) is 8.52. The average molecular weight is 357 g/mol. The lowest BCUT2D eigenvalue weighted by molar-refractivity contribution is -0.148. The Bertz CT molecular complexity index is 702. The third-order valence-corrected chi connectivity index (χ3v) is 8.52. The molecule has 4 aliphatic carbocycles. The number of ether oxygens (including phenoxy) is 1. The highest BCUT2D eigenvalue weighted by Crippen LogP contribution is 2.65. The Hall–Kier alpha value is -1.38. The van der Waals surface area contributed by atoms with Crippen LogP contribution in [-0.2, 0) is 14.3 Å². The van der Waals surface area contributed by atoms with Gasteiger partial charge in [-0.15, -0.1) is 0 Å². The molecular formula is C23H32O3. The van der Waals surface area contributed by atoms with E-state index in [0.717, 1.165) is 50.4 Å². The van der Waals surface area contributed by atoms with Crippen molar-refractivity contribution in [1.29, 1.82) is 0 Å². The van der Waals surface area contributed by atoms with E-state index in [0.29, 0.717) is 17.8 Å². The number of esters is 1. The molecule has 4 rings (SSSR count). The molecule has 0 aromatic rings.